The van der Waals surface area contributed by atoms with Crippen molar-refractivity contribution >= 4 is 6.03 Å². The van der Waals surface area contributed by atoms with Crippen LogP contribution < -0.4 is 10.6 Å². The van der Waals surface area contributed by atoms with Crippen molar-refractivity contribution in [1.29, 1.82) is 0 Å². The Morgan fingerprint density at radius 3 is 2.30 bits per heavy atom. The Bertz CT molecular complexity index is 601. The summed E-state index contributed by atoms with van der Waals surface area (Å²) >= 11 is 0. The van der Waals surface area contributed by atoms with Crippen LogP contribution in [0, 0.1) is 5.82 Å². The summed E-state index contributed by atoms with van der Waals surface area (Å²) in [5, 5.41) is 5.58. The first-order chi connectivity index (χ1) is 11.3. The number of hydrogen-bond acceptors (Lipinski definition) is 1. The molecule has 0 aliphatic heterocycles. The molecule has 0 aliphatic rings. The van der Waals surface area contributed by atoms with E-state index >= 15 is 0 Å². The van der Waals surface area contributed by atoms with Crippen LogP contribution in [-0.2, 0) is 12.8 Å². The molecular formula is C19H23FN2O. The normalized spacial score (nSPS) is 10.3. The zero-order chi connectivity index (χ0) is 16.3. The van der Waals surface area contributed by atoms with Crippen molar-refractivity contribution < 1.29 is 9.18 Å². The molecule has 2 amide bonds. The number of benzene rings is 2. The van der Waals surface area contributed by atoms with E-state index in [1.165, 1.54) is 11.6 Å². The summed E-state index contributed by atoms with van der Waals surface area (Å²) in [7, 11) is 0. The van der Waals surface area contributed by atoms with Crippen LogP contribution in [0.25, 0.3) is 0 Å². The molecule has 2 aromatic rings. The highest BCUT2D eigenvalue weighted by Gasteiger charge is 2.02. The standard InChI is InChI=1S/C19H23FN2O/c20-18-12-5-4-11-17(18)13-15-22-19(23)21-14-7-6-10-16-8-2-1-3-9-16/h1-5,8-9,11-12H,6-7,10,13-15H2,(H2,21,22,23). The van der Waals surface area contributed by atoms with Crippen molar-refractivity contribution in [3.05, 3.63) is 71.5 Å². The maximum absolute atomic E-state index is 13.4. The highest BCUT2D eigenvalue weighted by molar-refractivity contribution is 5.73. The van der Waals surface area contributed by atoms with Crippen molar-refractivity contribution in [2.75, 3.05) is 13.1 Å². The SMILES string of the molecule is O=C(NCCCCc1ccccc1)NCCc1ccccc1F. The average Bonchev–Trinajstić information content (AvgIpc) is 2.57. The molecule has 0 atom stereocenters. The highest BCUT2D eigenvalue weighted by atomic mass is 19.1. The predicted octanol–water partition coefficient (Wildman–Crippen LogP) is 3.69. The van der Waals surface area contributed by atoms with Gasteiger partial charge in [-0.15, -0.1) is 0 Å². The van der Waals surface area contributed by atoms with Gasteiger partial charge in [0.1, 0.15) is 5.82 Å². The number of aryl methyl sites for hydroxylation is 1. The van der Waals surface area contributed by atoms with Gasteiger partial charge >= 0.3 is 6.03 Å². The fraction of sp³-hybridized carbons (Fsp3) is 0.316. The van der Waals surface area contributed by atoms with Crippen LogP contribution in [0.15, 0.2) is 54.6 Å². The number of urea groups is 1. The molecule has 23 heavy (non-hydrogen) atoms. The van der Waals surface area contributed by atoms with Gasteiger partial charge in [0.05, 0.1) is 0 Å². The molecule has 0 aromatic heterocycles. The van der Waals surface area contributed by atoms with Crippen molar-refractivity contribution in [1.82, 2.24) is 10.6 Å². The molecular weight excluding hydrogens is 291 g/mol. The Balaban J connectivity index is 1.53. The van der Waals surface area contributed by atoms with Gasteiger partial charge < -0.3 is 10.6 Å². The monoisotopic (exact) mass is 314 g/mol. The summed E-state index contributed by atoms with van der Waals surface area (Å²) in [5.74, 6) is -0.226. The van der Waals surface area contributed by atoms with Gasteiger partial charge in [-0.05, 0) is 42.9 Å². The van der Waals surface area contributed by atoms with Crippen LogP contribution in [0.2, 0.25) is 0 Å². The summed E-state index contributed by atoms with van der Waals surface area (Å²) < 4.78 is 13.4. The van der Waals surface area contributed by atoms with E-state index in [4.69, 9.17) is 0 Å². The van der Waals surface area contributed by atoms with E-state index in [2.05, 4.69) is 22.8 Å². The predicted molar refractivity (Wildman–Crippen MR) is 90.9 cm³/mol. The minimum Gasteiger partial charge on any atom is -0.338 e. The Morgan fingerprint density at radius 2 is 1.52 bits per heavy atom. The quantitative estimate of drug-likeness (QED) is 0.717. The van der Waals surface area contributed by atoms with Crippen LogP contribution in [0.3, 0.4) is 0 Å². The lowest BCUT2D eigenvalue weighted by Gasteiger charge is -2.08. The summed E-state index contributed by atoms with van der Waals surface area (Å²) in [6, 6.07) is 16.7. The molecule has 0 bridgehead atoms. The number of amides is 2. The Labute approximate surface area is 136 Å². The van der Waals surface area contributed by atoms with Gasteiger partial charge in [0.15, 0.2) is 0 Å². The second-order valence-corrected chi connectivity index (χ2v) is 5.47. The van der Waals surface area contributed by atoms with Crippen LogP contribution in [0.5, 0.6) is 0 Å². The van der Waals surface area contributed by atoms with E-state index < -0.39 is 0 Å². The van der Waals surface area contributed by atoms with Gasteiger partial charge in [-0.25, -0.2) is 9.18 Å². The number of hydrogen-bond donors (Lipinski definition) is 2. The fourth-order valence-electron chi connectivity index (χ4n) is 2.38. The number of carbonyl (C=O) groups is 1. The van der Waals surface area contributed by atoms with E-state index in [1.807, 2.05) is 18.2 Å². The zero-order valence-electron chi connectivity index (χ0n) is 13.2. The third-order valence-corrected chi connectivity index (χ3v) is 3.66. The number of unbranched alkanes of at least 4 members (excludes halogenated alkanes) is 1. The number of carbonyl (C=O) groups excluding carboxylic acids is 1. The highest BCUT2D eigenvalue weighted by Crippen LogP contribution is 2.06. The molecule has 3 nitrogen and oxygen atoms in total. The molecule has 2 aromatic carbocycles. The van der Waals surface area contributed by atoms with E-state index in [0.717, 1.165) is 19.3 Å². The largest absolute Gasteiger partial charge is 0.338 e. The van der Waals surface area contributed by atoms with Gasteiger partial charge in [-0.3, -0.25) is 0 Å². The molecule has 4 heteroatoms. The zero-order valence-corrected chi connectivity index (χ0v) is 13.2. The summed E-state index contributed by atoms with van der Waals surface area (Å²) in [4.78, 5) is 11.6. The smallest absolute Gasteiger partial charge is 0.314 e. The minimum atomic E-state index is -0.226. The molecule has 0 radical (unpaired) electrons. The number of rotatable bonds is 8. The molecule has 0 heterocycles. The average molecular weight is 314 g/mol. The molecule has 2 N–H and O–H groups in total. The van der Waals surface area contributed by atoms with Crippen LogP contribution in [-0.4, -0.2) is 19.1 Å². The summed E-state index contributed by atoms with van der Waals surface area (Å²) in [6.45, 7) is 1.08. The van der Waals surface area contributed by atoms with Crippen molar-refractivity contribution in [3.63, 3.8) is 0 Å². The molecule has 0 unspecified atom stereocenters. The number of halogens is 1. The molecule has 0 fully saturated rings. The topological polar surface area (TPSA) is 41.1 Å². The van der Waals surface area contributed by atoms with Gasteiger partial charge in [0.2, 0.25) is 0 Å². The first kappa shape index (κ1) is 17.0. The van der Waals surface area contributed by atoms with E-state index in [1.54, 1.807) is 18.2 Å². The number of nitrogens with one attached hydrogen (secondary N) is 2. The Hall–Kier alpha value is -2.36. The lowest BCUT2D eigenvalue weighted by molar-refractivity contribution is 0.241. The molecule has 0 spiro atoms. The molecule has 0 aliphatic carbocycles. The van der Waals surface area contributed by atoms with E-state index in [-0.39, 0.29) is 11.8 Å². The molecule has 0 saturated carbocycles. The summed E-state index contributed by atoms with van der Waals surface area (Å²) in [5.41, 5.74) is 1.94. The summed E-state index contributed by atoms with van der Waals surface area (Å²) in [6.07, 6.45) is 3.50. The van der Waals surface area contributed by atoms with Crippen LogP contribution in [0.4, 0.5) is 9.18 Å². The lowest BCUT2D eigenvalue weighted by Crippen LogP contribution is -2.37. The first-order valence-electron chi connectivity index (χ1n) is 8.05. The van der Waals surface area contributed by atoms with Crippen LogP contribution >= 0.6 is 0 Å². The van der Waals surface area contributed by atoms with Gasteiger partial charge in [-0.1, -0.05) is 48.5 Å². The maximum Gasteiger partial charge on any atom is 0.314 e. The van der Waals surface area contributed by atoms with Gasteiger partial charge in [0.25, 0.3) is 0 Å². The minimum absolute atomic E-state index is 0.193. The van der Waals surface area contributed by atoms with Gasteiger partial charge in [0, 0.05) is 13.1 Å². The third kappa shape index (κ3) is 6.51. The molecule has 0 saturated heterocycles. The fourth-order valence-corrected chi connectivity index (χ4v) is 2.38. The van der Waals surface area contributed by atoms with E-state index in [9.17, 15) is 9.18 Å². The Morgan fingerprint density at radius 1 is 0.826 bits per heavy atom. The first-order valence-corrected chi connectivity index (χ1v) is 8.05. The van der Waals surface area contributed by atoms with Crippen molar-refractivity contribution in [2.45, 2.75) is 25.7 Å². The third-order valence-electron chi connectivity index (χ3n) is 3.66. The lowest BCUT2D eigenvalue weighted by atomic mass is 10.1. The van der Waals surface area contributed by atoms with E-state index in [0.29, 0.717) is 25.1 Å². The molecule has 2 rings (SSSR count). The maximum atomic E-state index is 13.4. The second kappa shape index (κ2) is 9.62. The molecule has 122 valence electrons. The second-order valence-electron chi connectivity index (χ2n) is 5.47. The van der Waals surface area contributed by atoms with Crippen molar-refractivity contribution in [2.24, 2.45) is 0 Å². The van der Waals surface area contributed by atoms with Crippen LogP contribution in [0.1, 0.15) is 24.0 Å². The van der Waals surface area contributed by atoms with Crippen molar-refractivity contribution in [3.8, 4) is 0 Å². The van der Waals surface area contributed by atoms with Gasteiger partial charge in [-0.2, -0.15) is 0 Å². The Kier molecular flexibility index (Phi) is 7.11.